The molecule has 132 valence electrons. The summed E-state index contributed by atoms with van der Waals surface area (Å²) in [4.78, 5) is 17.0. The Morgan fingerprint density at radius 1 is 1.00 bits per heavy atom. The van der Waals surface area contributed by atoms with E-state index in [2.05, 4.69) is 21.2 Å². The Morgan fingerprint density at radius 3 is 2.32 bits per heavy atom. The number of nitrogens with one attached hydrogen (secondary N) is 1. The number of hydrogen-bond donors (Lipinski definition) is 1. The highest BCUT2D eigenvalue weighted by atomic mass is 16.5. The quantitative estimate of drug-likeness (QED) is 0.910. The van der Waals surface area contributed by atoms with Gasteiger partial charge in [-0.2, -0.15) is 0 Å². The van der Waals surface area contributed by atoms with Crippen molar-refractivity contribution >= 4 is 17.3 Å². The molecule has 1 aliphatic rings. The fraction of sp³-hybridized carbons (Fsp3) is 0.350. The van der Waals surface area contributed by atoms with Crippen molar-refractivity contribution in [3.8, 4) is 5.75 Å². The molecule has 0 aromatic heterocycles. The Kier molecular flexibility index (Phi) is 5.56. The van der Waals surface area contributed by atoms with Crippen LogP contribution in [-0.4, -0.2) is 50.1 Å². The van der Waals surface area contributed by atoms with Gasteiger partial charge in [0.15, 0.2) is 0 Å². The molecule has 1 amide bonds. The number of piperazine rings is 1. The second-order valence-corrected chi connectivity index (χ2v) is 6.23. The molecule has 1 fully saturated rings. The minimum absolute atomic E-state index is 0.0388. The molecule has 0 radical (unpaired) electrons. The lowest BCUT2D eigenvalue weighted by Gasteiger charge is -2.38. The van der Waals surface area contributed by atoms with Gasteiger partial charge in [0.1, 0.15) is 5.75 Å². The molecule has 1 atom stereocenters. The Hall–Kier alpha value is -2.53. The van der Waals surface area contributed by atoms with Crippen molar-refractivity contribution in [2.45, 2.75) is 13.0 Å². The van der Waals surface area contributed by atoms with Crippen LogP contribution in [0.3, 0.4) is 0 Å². The molecule has 0 saturated carbocycles. The summed E-state index contributed by atoms with van der Waals surface area (Å²) in [6.07, 6.45) is 0. The van der Waals surface area contributed by atoms with Gasteiger partial charge in [0.2, 0.25) is 5.91 Å². The molecule has 0 aliphatic carbocycles. The van der Waals surface area contributed by atoms with E-state index in [1.54, 1.807) is 7.11 Å². The topological polar surface area (TPSA) is 44.8 Å². The number of para-hydroxylation sites is 3. The van der Waals surface area contributed by atoms with Gasteiger partial charge in [-0.15, -0.1) is 0 Å². The third kappa shape index (κ3) is 4.12. The van der Waals surface area contributed by atoms with Crippen LogP contribution in [-0.2, 0) is 4.79 Å². The Labute approximate surface area is 149 Å². The fourth-order valence-electron chi connectivity index (χ4n) is 3.18. The molecule has 1 heterocycles. The number of carbonyl (C=O) groups excluding carboxylic acids is 1. The summed E-state index contributed by atoms with van der Waals surface area (Å²) in [5.41, 5.74) is 1.96. The third-order valence-electron chi connectivity index (χ3n) is 4.71. The van der Waals surface area contributed by atoms with Crippen LogP contribution in [0.25, 0.3) is 0 Å². The first kappa shape index (κ1) is 17.3. The number of benzene rings is 2. The second-order valence-electron chi connectivity index (χ2n) is 6.23. The number of ether oxygens (including phenoxy) is 1. The summed E-state index contributed by atoms with van der Waals surface area (Å²) < 4.78 is 5.46. The number of rotatable bonds is 5. The predicted molar refractivity (Wildman–Crippen MR) is 101 cm³/mol. The summed E-state index contributed by atoms with van der Waals surface area (Å²) in [6, 6.07) is 17.5. The van der Waals surface area contributed by atoms with Crippen molar-refractivity contribution in [1.82, 2.24) is 4.90 Å². The van der Waals surface area contributed by atoms with E-state index in [1.165, 1.54) is 0 Å². The van der Waals surface area contributed by atoms with Crippen LogP contribution in [0.2, 0.25) is 0 Å². The molecular formula is C20H25N3O2. The minimum atomic E-state index is -0.153. The lowest BCUT2D eigenvalue weighted by atomic mass is 10.2. The minimum Gasteiger partial charge on any atom is -0.495 e. The number of methoxy groups -OCH3 is 1. The van der Waals surface area contributed by atoms with Gasteiger partial charge in [0.25, 0.3) is 0 Å². The summed E-state index contributed by atoms with van der Waals surface area (Å²) in [7, 11) is 1.70. The molecule has 5 nitrogen and oxygen atoms in total. The second kappa shape index (κ2) is 8.03. The Balaban J connectivity index is 1.57. The van der Waals surface area contributed by atoms with Gasteiger partial charge in [-0.3, -0.25) is 9.69 Å². The summed E-state index contributed by atoms with van der Waals surface area (Å²) in [5.74, 6) is 0.933. The number of anilines is 2. The van der Waals surface area contributed by atoms with E-state index in [4.69, 9.17) is 4.74 Å². The van der Waals surface area contributed by atoms with Crippen LogP contribution in [0.15, 0.2) is 54.6 Å². The maximum Gasteiger partial charge on any atom is 0.241 e. The monoisotopic (exact) mass is 339 g/mol. The van der Waals surface area contributed by atoms with Gasteiger partial charge in [0, 0.05) is 31.9 Å². The lowest BCUT2D eigenvalue weighted by molar-refractivity contribution is -0.120. The number of hydrogen-bond acceptors (Lipinski definition) is 4. The largest absolute Gasteiger partial charge is 0.495 e. The maximum absolute atomic E-state index is 12.5. The summed E-state index contributed by atoms with van der Waals surface area (Å²) >= 11 is 0. The summed E-state index contributed by atoms with van der Waals surface area (Å²) in [5, 5.41) is 2.99. The van der Waals surface area contributed by atoms with E-state index in [9.17, 15) is 4.79 Å². The third-order valence-corrected chi connectivity index (χ3v) is 4.71. The van der Waals surface area contributed by atoms with E-state index in [0.717, 1.165) is 43.3 Å². The molecule has 0 bridgehead atoms. The smallest absolute Gasteiger partial charge is 0.241 e. The van der Waals surface area contributed by atoms with Crippen LogP contribution < -0.4 is 15.0 Å². The van der Waals surface area contributed by atoms with Crippen molar-refractivity contribution in [2.75, 3.05) is 43.5 Å². The fourth-order valence-corrected chi connectivity index (χ4v) is 3.18. The van der Waals surface area contributed by atoms with Crippen molar-refractivity contribution < 1.29 is 9.53 Å². The average Bonchev–Trinajstić information content (AvgIpc) is 2.68. The van der Waals surface area contributed by atoms with Gasteiger partial charge in [-0.1, -0.05) is 30.3 Å². The average molecular weight is 339 g/mol. The number of amides is 1. The summed E-state index contributed by atoms with van der Waals surface area (Å²) in [6.45, 7) is 5.42. The zero-order valence-corrected chi connectivity index (χ0v) is 14.8. The van der Waals surface area contributed by atoms with E-state index >= 15 is 0 Å². The van der Waals surface area contributed by atoms with Gasteiger partial charge in [-0.25, -0.2) is 0 Å². The van der Waals surface area contributed by atoms with Crippen LogP contribution >= 0.6 is 0 Å². The van der Waals surface area contributed by atoms with Crippen LogP contribution in [0, 0.1) is 0 Å². The van der Waals surface area contributed by atoms with Crippen LogP contribution in [0.1, 0.15) is 6.92 Å². The van der Waals surface area contributed by atoms with Gasteiger partial charge < -0.3 is 15.0 Å². The lowest BCUT2D eigenvalue weighted by Crippen LogP contribution is -2.52. The zero-order valence-electron chi connectivity index (χ0n) is 14.8. The highest BCUT2D eigenvalue weighted by molar-refractivity contribution is 5.94. The maximum atomic E-state index is 12.5. The highest BCUT2D eigenvalue weighted by Gasteiger charge is 2.26. The molecule has 25 heavy (non-hydrogen) atoms. The molecule has 0 unspecified atom stereocenters. The molecule has 2 aromatic rings. The molecule has 3 rings (SSSR count). The molecule has 1 N–H and O–H groups in total. The van der Waals surface area contributed by atoms with Gasteiger partial charge >= 0.3 is 0 Å². The van der Waals surface area contributed by atoms with Gasteiger partial charge in [0.05, 0.1) is 18.8 Å². The molecule has 5 heteroatoms. The van der Waals surface area contributed by atoms with Crippen molar-refractivity contribution in [3.05, 3.63) is 54.6 Å². The Morgan fingerprint density at radius 2 is 1.64 bits per heavy atom. The highest BCUT2D eigenvalue weighted by Crippen LogP contribution is 2.28. The van der Waals surface area contributed by atoms with E-state index in [-0.39, 0.29) is 11.9 Å². The molecular weight excluding hydrogens is 314 g/mol. The predicted octanol–water partition coefficient (Wildman–Crippen LogP) is 2.84. The number of nitrogens with zero attached hydrogens (tertiary/aromatic N) is 2. The van der Waals surface area contributed by atoms with E-state index in [1.807, 2.05) is 55.5 Å². The van der Waals surface area contributed by atoms with Crippen LogP contribution in [0.5, 0.6) is 5.75 Å². The first-order valence-corrected chi connectivity index (χ1v) is 8.67. The first-order chi connectivity index (χ1) is 12.2. The van der Waals surface area contributed by atoms with Crippen LogP contribution in [0.4, 0.5) is 11.4 Å². The zero-order chi connectivity index (χ0) is 17.6. The molecule has 1 saturated heterocycles. The van der Waals surface area contributed by atoms with E-state index < -0.39 is 0 Å². The number of carbonyl (C=O) groups is 1. The van der Waals surface area contributed by atoms with Crippen molar-refractivity contribution in [3.63, 3.8) is 0 Å². The SMILES string of the molecule is COc1ccccc1N1CCN([C@@H](C)C(=O)Nc2ccccc2)CC1. The first-order valence-electron chi connectivity index (χ1n) is 8.67. The van der Waals surface area contributed by atoms with E-state index in [0.29, 0.717) is 0 Å². The molecule has 1 aliphatic heterocycles. The van der Waals surface area contributed by atoms with Gasteiger partial charge in [-0.05, 0) is 31.2 Å². The molecule has 2 aromatic carbocycles. The molecule has 0 spiro atoms. The normalized spacial score (nSPS) is 16.3. The Bertz CT molecular complexity index is 697. The van der Waals surface area contributed by atoms with Crippen molar-refractivity contribution in [2.24, 2.45) is 0 Å². The standard InChI is InChI=1S/C20H25N3O2/c1-16(20(24)21-17-8-4-3-5-9-17)22-12-14-23(15-13-22)18-10-6-7-11-19(18)25-2/h3-11,16H,12-15H2,1-2H3,(H,21,24)/t16-/m0/s1. The van der Waals surface area contributed by atoms with Crippen molar-refractivity contribution in [1.29, 1.82) is 0 Å².